The number of hydrogen-bond donors (Lipinski definition) is 0. The van der Waals surface area contributed by atoms with E-state index in [-0.39, 0.29) is 16.7 Å². The molecular weight excluding hydrogens is 272 g/mol. The maximum absolute atomic E-state index is 11.4. The minimum Gasteiger partial charge on any atom is -0.408 e. The predicted molar refractivity (Wildman–Crippen MR) is 65.7 cm³/mol. The minimum absolute atomic E-state index is 0.163. The molecule has 0 N–H and O–H groups in total. The van der Waals surface area contributed by atoms with Gasteiger partial charge in [0.15, 0.2) is 5.75 Å². The molecule has 0 aromatic heterocycles. The number of amides is 1. The zero-order valence-electron chi connectivity index (χ0n) is 8.76. The molecule has 0 atom stereocenters. The van der Waals surface area contributed by atoms with E-state index in [0.717, 1.165) is 0 Å². The lowest BCUT2D eigenvalue weighted by Crippen LogP contribution is -2.25. The second-order valence-corrected chi connectivity index (χ2v) is 4.38. The summed E-state index contributed by atoms with van der Waals surface area (Å²) in [7, 11) is 3.15. The lowest BCUT2D eigenvalue weighted by Gasteiger charge is -2.14. The monoisotopic (exact) mass is 281 g/mol. The second-order valence-electron chi connectivity index (χ2n) is 3.27. The number of ether oxygens (including phenoxy) is 1. The van der Waals surface area contributed by atoms with E-state index < -0.39 is 6.09 Å². The van der Waals surface area contributed by atoms with Gasteiger partial charge >= 0.3 is 6.09 Å². The lowest BCUT2D eigenvalue weighted by molar-refractivity contribution is 0.171. The Morgan fingerprint density at radius 2 is 2.00 bits per heavy atom. The molecule has 1 aromatic carbocycles. The summed E-state index contributed by atoms with van der Waals surface area (Å²) in [5.74, 6) is 0.413. The van der Waals surface area contributed by atoms with Gasteiger partial charge in [-0.1, -0.05) is 23.2 Å². The smallest absolute Gasteiger partial charge is 0.408 e. The molecule has 0 saturated heterocycles. The molecule has 1 amide bonds. The van der Waals surface area contributed by atoms with Gasteiger partial charge in [-0.15, -0.1) is 11.6 Å². The Labute approximate surface area is 109 Å². The van der Waals surface area contributed by atoms with Crippen molar-refractivity contribution in [3.05, 3.63) is 27.7 Å². The van der Waals surface area contributed by atoms with E-state index in [2.05, 4.69) is 0 Å². The molecule has 0 aliphatic carbocycles. The van der Waals surface area contributed by atoms with Crippen molar-refractivity contribution in [3.8, 4) is 5.75 Å². The third kappa shape index (κ3) is 3.17. The van der Waals surface area contributed by atoms with Crippen LogP contribution in [0.4, 0.5) is 4.79 Å². The van der Waals surface area contributed by atoms with Gasteiger partial charge in [-0.25, -0.2) is 4.79 Å². The number of carbonyl (C=O) groups excluding carboxylic acids is 1. The first-order valence-electron chi connectivity index (χ1n) is 4.38. The molecule has 0 radical (unpaired) electrons. The molecule has 0 unspecified atom stereocenters. The molecule has 0 aliphatic rings. The predicted octanol–water partition coefficient (Wildman–Crippen LogP) is 3.79. The molecule has 0 aliphatic heterocycles. The summed E-state index contributed by atoms with van der Waals surface area (Å²) in [6, 6.07) is 3.11. The van der Waals surface area contributed by atoms with Gasteiger partial charge in [0.05, 0.1) is 10.9 Å². The fourth-order valence-electron chi connectivity index (χ4n) is 1.01. The molecule has 88 valence electrons. The average Bonchev–Trinajstić information content (AvgIpc) is 2.21. The number of hydrogen-bond acceptors (Lipinski definition) is 2. The number of rotatable bonds is 2. The number of nitrogens with zero attached hydrogens (tertiary/aromatic N) is 1. The fourth-order valence-corrected chi connectivity index (χ4v) is 1.78. The van der Waals surface area contributed by atoms with Crippen molar-refractivity contribution >= 4 is 40.9 Å². The van der Waals surface area contributed by atoms with E-state index in [9.17, 15) is 4.79 Å². The molecule has 0 heterocycles. The highest BCUT2D eigenvalue weighted by Crippen LogP contribution is 2.33. The Morgan fingerprint density at radius 1 is 1.38 bits per heavy atom. The van der Waals surface area contributed by atoms with Gasteiger partial charge in [0.2, 0.25) is 0 Å². The molecule has 0 spiro atoms. The third-order valence-electron chi connectivity index (χ3n) is 1.78. The Bertz CT molecular complexity index is 407. The van der Waals surface area contributed by atoms with Crippen LogP contribution in [-0.2, 0) is 5.88 Å². The number of carbonyl (C=O) groups is 1. The van der Waals surface area contributed by atoms with Crippen LogP contribution in [0.15, 0.2) is 12.1 Å². The summed E-state index contributed by atoms with van der Waals surface area (Å²) in [4.78, 5) is 12.7. The highest BCUT2D eigenvalue weighted by atomic mass is 35.5. The summed E-state index contributed by atoms with van der Waals surface area (Å²) >= 11 is 17.4. The first-order chi connectivity index (χ1) is 7.45. The Hall–Kier alpha value is -0.640. The van der Waals surface area contributed by atoms with Crippen molar-refractivity contribution in [2.75, 3.05) is 14.1 Å². The highest BCUT2D eigenvalue weighted by molar-refractivity contribution is 6.36. The van der Waals surface area contributed by atoms with Crippen LogP contribution in [-0.4, -0.2) is 25.1 Å². The van der Waals surface area contributed by atoms with Crippen molar-refractivity contribution in [1.29, 1.82) is 0 Å². The van der Waals surface area contributed by atoms with Crippen LogP contribution in [0.2, 0.25) is 10.0 Å². The zero-order valence-corrected chi connectivity index (χ0v) is 11.0. The normalized spacial score (nSPS) is 10.1. The van der Waals surface area contributed by atoms with Gasteiger partial charge in [-0.3, -0.25) is 0 Å². The molecule has 16 heavy (non-hydrogen) atoms. The van der Waals surface area contributed by atoms with Crippen LogP contribution in [0, 0.1) is 0 Å². The molecule has 3 nitrogen and oxygen atoms in total. The first-order valence-corrected chi connectivity index (χ1v) is 5.67. The molecule has 6 heteroatoms. The summed E-state index contributed by atoms with van der Waals surface area (Å²) < 4.78 is 5.10. The van der Waals surface area contributed by atoms with Crippen molar-refractivity contribution < 1.29 is 9.53 Å². The zero-order chi connectivity index (χ0) is 12.3. The SMILES string of the molecule is CN(C)C(=O)Oc1c(Cl)cc(Cl)cc1CCl. The maximum Gasteiger partial charge on any atom is 0.414 e. The minimum atomic E-state index is -0.518. The quantitative estimate of drug-likeness (QED) is 0.772. The van der Waals surface area contributed by atoms with E-state index in [1.165, 1.54) is 11.0 Å². The third-order valence-corrected chi connectivity index (χ3v) is 2.57. The van der Waals surface area contributed by atoms with E-state index in [1.807, 2.05) is 0 Å². The van der Waals surface area contributed by atoms with Gasteiger partial charge in [0.1, 0.15) is 0 Å². The molecule has 0 bridgehead atoms. The molecular formula is C10H10Cl3NO2. The summed E-state index contributed by atoms with van der Waals surface area (Å²) in [5, 5.41) is 0.712. The number of benzene rings is 1. The van der Waals surface area contributed by atoms with Crippen LogP contribution < -0.4 is 4.74 Å². The molecule has 0 fully saturated rings. The van der Waals surface area contributed by atoms with Crippen LogP contribution >= 0.6 is 34.8 Å². The Balaban J connectivity index is 3.07. The number of alkyl halides is 1. The van der Waals surface area contributed by atoms with Crippen LogP contribution in [0.25, 0.3) is 0 Å². The van der Waals surface area contributed by atoms with Crippen LogP contribution in [0.3, 0.4) is 0 Å². The lowest BCUT2D eigenvalue weighted by atomic mass is 10.2. The first kappa shape index (κ1) is 13.4. The van der Waals surface area contributed by atoms with Crippen LogP contribution in [0.5, 0.6) is 5.75 Å². The maximum atomic E-state index is 11.4. The molecule has 1 aromatic rings. The van der Waals surface area contributed by atoms with Crippen LogP contribution in [0.1, 0.15) is 5.56 Å². The summed E-state index contributed by atoms with van der Waals surface area (Å²) in [6.07, 6.45) is -0.518. The second kappa shape index (κ2) is 5.62. The van der Waals surface area contributed by atoms with Gasteiger partial charge in [0.25, 0.3) is 0 Å². The molecule has 1 rings (SSSR count). The highest BCUT2D eigenvalue weighted by Gasteiger charge is 2.15. The van der Waals surface area contributed by atoms with Gasteiger partial charge in [0, 0.05) is 24.7 Å². The average molecular weight is 283 g/mol. The summed E-state index contributed by atoms with van der Waals surface area (Å²) in [5.41, 5.74) is 0.578. The van der Waals surface area contributed by atoms with E-state index in [0.29, 0.717) is 10.6 Å². The topological polar surface area (TPSA) is 29.5 Å². The Morgan fingerprint density at radius 3 is 2.50 bits per heavy atom. The fraction of sp³-hybridized carbons (Fsp3) is 0.300. The standard InChI is InChI=1S/C10H10Cl3NO2/c1-14(2)10(15)16-9-6(5-11)3-7(12)4-8(9)13/h3-4H,5H2,1-2H3. The van der Waals surface area contributed by atoms with E-state index in [1.54, 1.807) is 20.2 Å². The molecule has 0 saturated carbocycles. The largest absolute Gasteiger partial charge is 0.414 e. The summed E-state index contributed by atoms with van der Waals surface area (Å²) in [6.45, 7) is 0. The van der Waals surface area contributed by atoms with Crippen molar-refractivity contribution in [1.82, 2.24) is 4.90 Å². The Kier molecular flexibility index (Phi) is 4.71. The van der Waals surface area contributed by atoms with Crippen molar-refractivity contribution in [2.45, 2.75) is 5.88 Å². The van der Waals surface area contributed by atoms with E-state index in [4.69, 9.17) is 39.5 Å². The van der Waals surface area contributed by atoms with Gasteiger partial charge < -0.3 is 9.64 Å². The van der Waals surface area contributed by atoms with E-state index >= 15 is 0 Å². The number of halogens is 3. The van der Waals surface area contributed by atoms with Crippen molar-refractivity contribution in [2.24, 2.45) is 0 Å². The van der Waals surface area contributed by atoms with Gasteiger partial charge in [-0.2, -0.15) is 0 Å². The van der Waals surface area contributed by atoms with Crippen molar-refractivity contribution in [3.63, 3.8) is 0 Å². The van der Waals surface area contributed by atoms with Gasteiger partial charge in [-0.05, 0) is 12.1 Å².